The molecule has 7 nitrogen and oxygen atoms in total. The van der Waals surface area contributed by atoms with Crippen molar-refractivity contribution in [3.05, 3.63) is 59.7 Å². The summed E-state index contributed by atoms with van der Waals surface area (Å²) >= 11 is 0. The Morgan fingerprint density at radius 2 is 1.50 bits per heavy atom. The molecule has 0 unspecified atom stereocenters. The first-order valence-electron chi connectivity index (χ1n) is 5.90. The Morgan fingerprint density at radius 3 is 2.14 bits per heavy atom. The standard InChI is InChI=1S/C14H11N3O4.ClH/c18-13(19)9-3-1-5-11(7-9)15-17-16-12-6-2-4-10(8-12)14(20)21;/h1-8H,(H,15,16)(H,18,19)(H,20,21);1H/p-1. The number of carbonyl (C=O) groups is 2. The lowest BCUT2D eigenvalue weighted by Gasteiger charge is -2.00. The Kier molecular flexibility index (Phi) is 6.03. The number of hydrogen-bond donors (Lipinski definition) is 3. The fourth-order valence-electron chi connectivity index (χ4n) is 1.56. The molecule has 0 aromatic heterocycles. The molecule has 0 aliphatic heterocycles. The average Bonchev–Trinajstić information content (AvgIpc) is 2.48. The van der Waals surface area contributed by atoms with Crippen molar-refractivity contribution in [3.63, 3.8) is 0 Å². The molecule has 0 fully saturated rings. The Morgan fingerprint density at radius 1 is 0.909 bits per heavy atom. The van der Waals surface area contributed by atoms with Gasteiger partial charge in [-0.1, -0.05) is 17.4 Å². The minimum atomic E-state index is -1.05. The summed E-state index contributed by atoms with van der Waals surface area (Å²) < 4.78 is 0. The third-order valence-corrected chi connectivity index (χ3v) is 2.55. The molecule has 114 valence electrons. The van der Waals surface area contributed by atoms with Gasteiger partial charge in [0, 0.05) is 0 Å². The van der Waals surface area contributed by atoms with Crippen LogP contribution in [0.25, 0.3) is 0 Å². The molecule has 0 bridgehead atoms. The Balaban J connectivity index is 0.00000242. The second-order valence-corrected chi connectivity index (χ2v) is 4.05. The van der Waals surface area contributed by atoms with Gasteiger partial charge in [-0.3, -0.25) is 5.43 Å². The van der Waals surface area contributed by atoms with Crippen molar-refractivity contribution in [1.82, 2.24) is 0 Å². The normalized spacial score (nSPS) is 10.0. The second kappa shape index (κ2) is 7.75. The number of carboxylic acids is 2. The maximum absolute atomic E-state index is 10.8. The van der Waals surface area contributed by atoms with E-state index in [4.69, 9.17) is 10.2 Å². The Bertz CT molecular complexity index is 719. The number of benzene rings is 2. The molecule has 0 radical (unpaired) electrons. The molecule has 0 aliphatic rings. The van der Waals surface area contributed by atoms with Crippen LogP contribution >= 0.6 is 0 Å². The van der Waals surface area contributed by atoms with E-state index in [0.29, 0.717) is 11.4 Å². The van der Waals surface area contributed by atoms with E-state index in [0.717, 1.165) is 0 Å². The minimum Gasteiger partial charge on any atom is -1.00 e. The highest BCUT2D eigenvalue weighted by atomic mass is 35.5. The molecule has 2 aromatic rings. The molecule has 0 aliphatic carbocycles. The monoisotopic (exact) mass is 320 g/mol. The van der Waals surface area contributed by atoms with Crippen LogP contribution in [0.2, 0.25) is 0 Å². The van der Waals surface area contributed by atoms with Crippen LogP contribution in [-0.4, -0.2) is 22.2 Å². The summed E-state index contributed by atoms with van der Waals surface area (Å²) in [5.41, 5.74) is 3.66. The lowest BCUT2D eigenvalue weighted by atomic mass is 10.2. The molecule has 8 heteroatoms. The van der Waals surface area contributed by atoms with Crippen molar-refractivity contribution in [2.75, 3.05) is 5.43 Å². The van der Waals surface area contributed by atoms with Gasteiger partial charge in [0.15, 0.2) is 0 Å². The number of hydrogen-bond acceptors (Lipinski definition) is 4. The van der Waals surface area contributed by atoms with Gasteiger partial charge in [0.05, 0.1) is 22.5 Å². The van der Waals surface area contributed by atoms with E-state index < -0.39 is 11.9 Å². The third-order valence-electron chi connectivity index (χ3n) is 2.55. The number of nitrogens with zero attached hydrogens (tertiary/aromatic N) is 2. The number of carboxylic acid groups (broad SMARTS) is 2. The summed E-state index contributed by atoms with van der Waals surface area (Å²) in [5.74, 6) is -2.08. The van der Waals surface area contributed by atoms with Crippen LogP contribution in [-0.2, 0) is 0 Å². The molecule has 0 saturated heterocycles. The lowest BCUT2D eigenvalue weighted by molar-refractivity contribution is -0.0000347. The summed E-state index contributed by atoms with van der Waals surface area (Å²) in [6.45, 7) is 0. The van der Waals surface area contributed by atoms with E-state index in [1.807, 2.05) is 0 Å². The van der Waals surface area contributed by atoms with Gasteiger partial charge in [-0.25, -0.2) is 9.59 Å². The second-order valence-electron chi connectivity index (χ2n) is 4.05. The molecular formula is C14H11ClN3O4-. The first-order valence-corrected chi connectivity index (χ1v) is 5.90. The lowest BCUT2D eigenvalue weighted by Crippen LogP contribution is -3.00. The topological polar surface area (TPSA) is 111 Å². The molecule has 0 heterocycles. The van der Waals surface area contributed by atoms with E-state index in [2.05, 4.69) is 15.8 Å². The Hall–Kier alpha value is -2.93. The first-order chi connectivity index (χ1) is 10.1. The highest BCUT2D eigenvalue weighted by Gasteiger charge is 2.03. The predicted octanol–water partition coefficient (Wildman–Crippen LogP) is 0.198. The van der Waals surface area contributed by atoms with Gasteiger partial charge >= 0.3 is 11.9 Å². The van der Waals surface area contributed by atoms with Crippen LogP contribution in [0, 0.1) is 0 Å². The van der Waals surface area contributed by atoms with Gasteiger partial charge in [0.1, 0.15) is 0 Å². The van der Waals surface area contributed by atoms with Crippen molar-refractivity contribution in [1.29, 1.82) is 0 Å². The molecule has 3 N–H and O–H groups in total. The fourth-order valence-corrected chi connectivity index (χ4v) is 1.56. The summed E-state index contributed by atoms with van der Waals surface area (Å²) in [6.07, 6.45) is 0. The first kappa shape index (κ1) is 17.1. The van der Waals surface area contributed by atoms with Crippen LogP contribution in [0.1, 0.15) is 20.7 Å². The van der Waals surface area contributed by atoms with Crippen molar-refractivity contribution >= 4 is 23.3 Å². The van der Waals surface area contributed by atoms with Gasteiger partial charge < -0.3 is 22.6 Å². The van der Waals surface area contributed by atoms with Crippen LogP contribution in [0.5, 0.6) is 0 Å². The highest BCUT2D eigenvalue weighted by Crippen LogP contribution is 2.16. The predicted molar refractivity (Wildman–Crippen MR) is 74.9 cm³/mol. The van der Waals surface area contributed by atoms with E-state index in [1.54, 1.807) is 24.3 Å². The maximum Gasteiger partial charge on any atom is 0.335 e. The van der Waals surface area contributed by atoms with Crippen LogP contribution in [0.3, 0.4) is 0 Å². The van der Waals surface area contributed by atoms with E-state index in [1.165, 1.54) is 24.3 Å². The smallest absolute Gasteiger partial charge is 0.335 e. The number of halogens is 1. The highest BCUT2D eigenvalue weighted by molar-refractivity contribution is 5.89. The van der Waals surface area contributed by atoms with Gasteiger partial charge in [0.2, 0.25) is 0 Å². The van der Waals surface area contributed by atoms with Gasteiger partial charge in [0.25, 0.3) is 0 Å². The SMILES string of the molecule is O=C(O)c1cccc(N=NNc2cccc(C(=O)O)c2)c1.[Cl-]. The third kappa shape index (κ3) is 4.57. The summed E-state index contributed by atoms with van der Waals surface area (Å²) in [4.78, 5) is 21.6. The number of aromatic carboxylic acids is 2. The van der Waals surface area contributed by atoms with Crippen LogP contribution < -0.4 is 17.8 Å². The molecule has 22 heavy (non-hydrogen) atoms. The van der Waals surface area contributed by atoms with Crippen molar-refractivity contribution < 1.29 is 32.2 Å². The zero-order valence-electron chi connectivity index (χ0n) is 11.1. The zero-order valence-corrected chi connectivity index (χ0v) is 11.9. The van der Waals surface area contributed by atoms with Crippen molar-refractivity contribution in [2.45, 2.75) is 0 Å². The molecule has 0 spiro atoms. The summed E-state index contributed by atoms with van der Waals surface area (Å²) in [6, 6.07) is 12.1. The molecule has 2 aromatic carbocycles. The van der Waals surface area contributed by atoms with Crippen molar-refractivity contribution in [3.8, 4) is 0 Å². The van der Waals surface area contributed by atoms with Crippen molar-refractivity contribution in [2.24, 2.45) is 10.3 Å². The Labute approximate surface area is 131 Å². The minimum absolute atomic E-state index is 0. The molecule has 2 rings (SSSR count). The van der Waals surface area contributed by atoms with E-state index in [-0.39, 0.29) is 23.5 Å². The van der Waals surface area contributed by atoms with E-state index in [9.17, 15) is 9.59 Å². The van der Waals surface area contributed by atoms with Crippen LogP contribution in [0.4, 0.5) is 11.4 Å². The molecule has 0 saturated carbocycles. The fraction of sp³-hybridized carbons (Fsp3) is 0. The quantitative estimate of drug-likeness (QED) is 0.538. The summed E-state index contributed by atoms with van der Waals surface area (Å²) in [7, 11) is 0. The largest absolute Gasteiger partial charge is 1.00 e. The zero-order chi connectivity index (χ0) is 15.2. The molecule has 0 atom stereocenters. The maximum atomic E-state index is 10.8. The number of rotatable bonds is 5. The molecule has 0 amide bonds. The molecular weight excluding hydrogens is 310 g/mol. The average molecular weight is 321 g/mol. The number of nitrogens with one attached hydrogen (secondary N) is 1. The number of anilines is 1. The van der Waals surface area contributed by atoms with E-state index >= 15 is 0 Å². The van der Waals surface area contributed by atoms with Crippen LogP contribution in [0.15, 0.2) is 58.9 Å². The van der Waals surface area contributed by atoms with Gasteiger partial charge in [-0.05, 0) is 36.4 Å². The summed E-state index contributed by atoms with van der Waals surface area (Å²) in [5, 5.41) is 25.2. The van der Waals surface area contributed by atoms with Gasteiger partial charge in [-0.15, -0.1) is 5.11 Å². The van der Waals surface area contributed by atoms with Gasteiger partial charge in [-0.2, -0.15) is 0 Å².